The second-order valence-electron chi connectivity index (χ2n) is 10.7. The van der Waals surface area contributed by atoms with Crippen LogP contribution in [-0.2, 0) is 17.2 Å². The SMILES string of the molecule is Cc1nc2nc([C@@H]3CCO[C@@H](c4ccc(=O)n(C)c4)C3)cc(C34CC(C(F)(F)F)(C3)C4)c2nc1C. The smallest absolute Gasteiger partial charge is 0.373 e. The van der Waals surface area contributed by atoms with Crippen molar-refractivity contribution in [1.29, 1.82) is 0 Å². The first-order valence-electron chi connectivity index (χ1n) is 12.0. The average molecular weight is 485 g/mol. The minimum absolute atomic E-state index is 0.0708. The fourth-order valence-electron chi connectivity index (χ4n) is 6.31. The molecule has 0 radical (unpaired) electrons. The van der Waals surface area contributed by atoms with Gasteiger partial charge in [-0.2, -0.15) is 13.2 Å². The van der Waals surface area contributed by atoms with E-state index in [0.29, 0.717) is 24.2 Å². The molecule has 184 valence electrons. The molecule has 35 heavy (non-hydrogen) atoms. The second-order valence-corrected chi connectivity index (χ2v) is 10.7. The Labute approximate surface area is 200 Å². The molecule has 4 aliphatic rings. The van der Waals surface area contributed by atoms with Gasteiger partial charge in [-0.05, 0) is 69.2 Å². The van der Waals surface area contributed by atoms with E-state index in [2.05, 4.69) is 4.98 Å². The fraction of sp³-hybridized carbons (Fsp3) is 0.538. The van der Waals surface area contributed by atoms with Crippen molar-refractivity contribution in [2.75, 3.05) is 6.61 Å². The van der Waals surface area contributed by atoms with Crippen molar-refractivity contribution in [3.05, 3.63) is 63.0 Å². The Bertz CT molecular complexity index is 1390. The van der Waals surface area contributed by atoms with E-state index in [1.165, 1.54) is 10.6 Å². The van der Waals surface area contributed by atoms with Crippen molar-refractivity contribution in [2.24, 2.45) is 12.5 Å². The first-order valence-corrected chi connectivity index (χ1v) is 12.0. The molecule has 0 aromatic carbocycles. The van der Waals surface area contributed by atoms with E-state index in [9.17, 15) is 18.0 Å². The Morgan fingerprint density at radius 2 is 1.80 bits per heavy atom. The molecule has 3 aliphatic carbocycles. The fourth-order valence-corrected chi connectivity index (χ4v) is 6.31. The Morgan fingerprint density at radius 3 is 2.49 bits per heavy atom. The minimum Gasteiger partial charge on any atom is -0.373 e. The van der Waals surface area contributed by atoms with Crippen molar-refractivity contribution in [3.8, 4) is 0 Å². The summed E-state index contributed by atoms with van der Waals surface area (Å²) in [5.74, 6) is 0.0708. The maximum absolute atomic E-state index is 13.6. The number of hydrogen-bond acceptors (Lipinski definition) is 5. The lowest BCUT2D eigenvalue weighted by molar-refractivity contribution is -0.336. The monoisotopic (exact) mass is 484 g/mol. The van der Waals surface area contributed by atoms with Gasteiger partial charge in [0.1, 0.15) is 5.52 Å². The molecule has 1 saturated heterocycles. The first kappa shape index (κ1) is 22.6. The van der Waals surface area contributed by atoms with E-state index in [-0.39, 0.29) is 36.8 Å². The number of rotatable bonds is 3. The summed E-state index contributed by atoms with van der Waals surface area (Å²) in [5.41, 5.74) is 3.20. The van der Waals surface area contributed by atoms with Crippen LogP contribution in [0.1, 0.15) is 72.3 Å². The van der Waals surface area contributed by atoms with Crippen LogP contribution in [-0.4, -0.2) is 32.3 Å². The molecule has 0 unspecified atom stereocenters. The minimum atomic E-state index is -4.16. The van der Waals surface area contributed by atoms with E-state index >= 15 is 0 Å². The number of aryl methyl sites for hydroxylation is 3. The summed E-state index contributed by atoms with van der Waals surface area (Å²) in [4.78, 5) is 26.1. The van der Waals surface area contributed by atoms with Gasteiger partial charge >= 0.3 is 6.18 Å². The summed E-state index contributed by atoms with van der Waals surface area (Å²) in [6.45, 7) is 4.28. The summed E-state index contributed by atoms with van der Waals surface area (Å²) in [6, 6.07) is 5.33. The van der Waals surface area contributed by atoms with Gasteiger partial charge < -0.3 is 9.30 Å². The largest absolute Gasteiger partial charge is 0.394 e. The summed E-state index contributed by atoms with van der Waals surface area (Å²) in [5, 5.41) is 0. The molecule has 0 spiro atoms. The van der Waals surface area contributed by atoms with Crippen LogP contribution in [0.5, 0.6) is 0 Å². The van der Waals surface area contributed by atoms with Crippen molar-refractivity contribution in [2.45, 2.75) is 69.6 Å². The number of nitrogens with zero attached hydrogens (tertiary/aromatic N) is 4. The molecule has 3 aromatic heterocycles. The van der Waals surface area contributed by atoms with Crippen molar-refractivity contribution >= 4 is 11.2 Å². The third kappa shape index (κ3) is 3.34. The average Bonchev–Trinajstić information content (AvgIpc) is 2.74. The summed E-state index contributed by atoms with van der Waals surface area (Å²) >= 11 is 0. The molecule has 6 nitrogen and oxygen atoms in total. The number of pyridine rings is 2. The third-order valence-corrected chi connectivity index (χ3v) is 8.46. The van der Waals surface area contributed by atoms with E-state index in [1.807, 2.05) is 19.9 Å². The van der Waals surface area contributed by atoms with Crippen LogP contribution in [0.3, 0.4) is 0 Å². The number of hydrogen-bond donors (Lipinski definition) is 0. The lowest BCUT2D eigenvalue weighted by Crippen LogP contribution is -2.70. The number of aromatic nitrogens is 4. The van der Waals surface area contributed by atoms with E-state index < -0.39 is 17.0 Å². The number of halogens is 3. The van der Waals surface area contributed by atoms with Crippen molar-refractivity contribution in [3.63, 3.8) is 0 Å². The summed E-state index contributed by atoms with van der Waals surface area (Å²) in [7, 11) is 1.71. The van der Waals surface area contributed by atoms with Gasteiger partial charge in [-0.3, -0.25) is 4.79 Å². The molecule has 2 atom stereocenters. The lowest BCUT2D eigenvalue weighted by Gasteiger charge is -2.70. The van der Waals surface area contributed by atoms with Crippen LogP contribution in [0.25, 0.3) is 11.2 Å². The van der Waals surface area contributed by atoms with Crippen molar-refractivity contribution < 1.29 is 17.9 Å². The third-order valence-electron chi connectivity index (χ3n) is 8.46. The van der Waals surface area contributed by atoms with E-state index in [4.69, 9.17) is 14.7 Å². The van der Waals surface area contributed by atoms with Gasteiger partial charge in [0.2, 0.25) is 5.56 Å². The molecule has 4 fully saturated rings. The topological polar surface area (TPSA) is 69.9 Å². The zero-order chi connectivity index (χ0) is 24.8. The Balaban J connectivity index is 1.38. The maximum atomic E-state index is 13.6. The standard InChI is InChI=1S/C26H27F3N4O2/c1-14-15(2)31-23-22(30-14)18(24-11-25(12-24,13-24)26(27,28)29)9-19(32-23)16-6-7-35-20(8-16)17-4-5-21(34)33(3)10-17/h4-5,9-10,16,20H,6-8,11-13H2,1-3H3/t16-,20-,24?,25?/m1/s1. The van der Waals surface area contributed by atoms with Crippen LogP contribution in [0.2, 0.25) is 0 Å². The molecule has 1 aliphatic heterocycles. The molecule has 3 saturated carbocycles. The Morgan fingerprint density at radius 1 is 1.09 bits per heavy atom. The second kappa shape index (κ2) is 7.35. The van der Waals surface area contributed by atoms with Gasteiger partial charge in [0, 0.05) is 42.9 Å². The molecule has 4 heterocycles. The van der Waals surface area contributed by atoms with E-state index in [1.54, 1.807) is 19.3 Å². The Hall–Kier alpha value is -2.81. The van der Waals surface area contributed by atoms with Gasteiger partial charge in [0.25, 0.3) is 0 Å². The van der Waals surface area contributed by atoms with Gasteiger partial charge in [0.05, 0.1) is 22.9 Å². The number of ether oxygens (including phenoxy) is 1. The molecule has 9 heteroatoms. The van der Waals surface area contributed by atoms with Gasteiger partial charge in [-0.1, -0.05) is 0 Å². The predicted octanol–water partition coefficient (Wildman–Crippen LogP) is 4.96. The van der Waals surface area contributed by atoms with E-state index in [0.717, 1.165) is 34.6 Å². The normalized spacial score (nSPS) is 30.1. The highest BCUT2D eigenvalue weighted by molar-refractivity contribution is 5.77. The molecular weight excluding hydrogens is 457 g/mol. The number of alkyl halides is 3. The lowest BCUT2D eigenvalue weighted by atomic mass is 9.33. The van der Waals surface area contributed by atoms with Crippen LogP contribution < -0.4 is 5.56 Å². The quantitative estimate of drug-likeness (QED) is 0.526. The first-order chi connectivity index (χ1) is 16.5. The van der Waals surface area contributed by atoms with Crippen LogP contribution in [0.15, 0.2) is 29.2 Å². The van der Waals surface area contributed by atoms with Crippen LogP contribution >= 0.6 is 0 Å². The zero-order valence-electron chi connectivity index (χ0n) is 19.9. The highest BCUT2D eigenvalue weighted by Crippen LogP contribution is 2.79. The highest BCUT2D eigenvalue weighted by atomic mass is 19.4. The predicted molar refractivity (Wildman–Crippen MR) is 123 cm³/mol. The summed E-state index contributed by atoms with van der Waals surface area (Å²) in [6.07, 6.45) is -0.768. The van der Waals surface area contributed by atoms with Gasteiger partial charge in [0.15, 0.2) is 5.65 Å². The molecular formula is C26H27F3N4O2. The molecule has 0 amide bonds. The van der Waals surface area contributed by atoms with Crippen molar-refractivity contribution in [1.82, 2.24) is 19.5 Å². The van der Waals surface area contributed by atoms with Gasteiger partial charge in [-0.25, -0.2) is 15.0 Å². The highest BCUT2D eigenvalue weighted by Gasteiger charge is 2.79. The Kier molecular flexibility index (Phi) is 4.75. The summed E-state index contributed by atoms with van der Waals surface area (Å²) < 4.78 is 48.3. The maximum Gasteiger partial charge on any atom is 0.394 e. The van der Waals surface area contributed by atoms with Gasteiger partial charge in [-0.15, -0.1) is 0 Å². The molecule has 7 rings (SSSR count). The molecule has 2 bridgehead atoms. The van der Waals surface area contributed by atoms with Crippen LogP contribution in [0, 0.1) is 19.3 Å². The molecule has 3 aromatic rings. The van der Waals surface area contributed by atoms with Crippen LogP contribution in [0.4, 0.5) is 13.2 Å². The molecule has 0 N–H and O–H groups in total. The zero-order valence-corrected chi connectivity index (χ0v) is 19.9. The number of fused-ring (bicyclic) bond motifs is 1.